The number of fused-ring (bicyclic) bond motifs is 1. The van der Waals surface area contributed by atoms with Gasteiger partial charge in [0.05, 0.1) is 11.2 Å². The number of pyridine rings is 1. The minimum Gasteiger partial charge on any atom is -0.300 e. The fourth-order valence-electron chi connectivity index (χ4n) is 3.39. The minimum atomic E-state index is -0.0494. The van der Waals surface area contributed by atoms with Crippen LogP contribution in [0.3, 0.4) is 0 Å². The Hall–Kier alpha value is -2.69. The van der Waals surface area contributed by atoms with Crippen LogP contribution in [0.2, 0.25) is 0 Å². The molecule has 5 heteroatoms. The van der Waals surface area contributed by atoms with Crippen molar-refractivity contribution in [3.8, 4) is 11.3 Å². The van der Waals surface area contributed by atoms with E-state index in [9.17, 15) is 9.59 Å². The number of carbonyl (C=O) groups excluding carboxylic acids is 1. The minimum absolute atomic E-state index is 0.00556. The molecule has 0 aliphatic carbocycles. The van der Waals surface area contributed by atoms with Gasteiger partial charge in [0.1, 0.15) is 5.78 Å². The van der Waals surface area contributed by atoms with Crippen molar-refractivity contribution in [3.63, 3.8) is 0 Å². The third kappa shape index (κ3) is 3.87. The first-order chi connectivity index (χ1) is 12.6. The van der Waals surface area contributed by atoms with Gasteiger partial charge >= 0.3 is 5.69 Å². The van der Waals surface area contributed by atoms with Crippen molar-refractivity contribution >= 4 is 16.9 Å². The fourth-order valence-corrected chi connectivity index (χ4v) is 3.39. The number of nitrogens with zero attached hydrogens (tertiary/aromatic N) is 3. The summed E-state index contributed by atoms with van der Waals surface area (Å²) < 4.78 is 3.41. The van der Waals surface area contributed by atoms with Gasteiger partial charge < -0.3 is 0 Å². The summed E-state index contributed by atoms with van der Waals surface area (Å²) in [5, 5.41) is 0. The molecule has 0 amide bonds. The Morgan fingerprint density at radius 2 is 1.85 bits per heavy atom. The Morgan fingerprint density at radius 3 is 2.48 bits per heavy atom. The predicted octanol–water partition coefficient (Wildman–Crippen LogP) is 3.89. The van der Waals surface area contributed by atoms with E-state index in [0.29, 0.717) is 18.6 Å². The second-order valence-corrected chi connectivity index (χ2v) is 8.56. The molecule has 0 unspecified atom stereocenters. The lowest BCUT2D eigenvalue weighted by molar-refractivity contribution is -0.116. The maximum atomic E-state index is 12.7. The molecule has 0 spiro atoms. The van der Waals surface area contributed by atoms with E-state index in [4.69, 9.17) is 4.98 Å². The first-order valence-electron chi connectivity index (χ1n) is 9.22. The molecule has 0 N–H and O–H groups in total. The molecule has 2 aromatic heterocycles. The molecule has 27 heavy (non-hydrogen) atoms. The highest BCUT2D eigenvalue weighted by atomic mass is 16.1. The number of ketones is 1. The van der Waals surface area contributed by atoms with Crippen LogP contribution in [0.1, 0.15) is 38.8 Å². The third-order valence-corrected chi connectivity index (χ3v) is 4.64. The van der Waals surface area contributed by atoms with Crippen molar-refractivity contribution < 1.29 is 4.79 Å². The summed E-state index contributed by atoms with van der Waals surface area (Å²) in [6.45, 7) is 10.6. The van der Waals surface area contributed by atoms with Gasteiger partial charge in [0.15, 0.2) is 5.65 Å². The predicted molar refractivity (Wildman–Crippen MR) is 109 cm³/mol. The third-order valence-electron chi connectivity index (χ3n) is 4.64. The molecule has 0 saturated carbocycles. The zero-order chi connectivity index (χ0) is 19.9. The molecule has 142 valence electrons. The second kappa shape index (κ2) is 6.80. The van der Waals surface area contributed by atoms with Gasteiger partial charge in [0, 0.05) is 25.6 Å². The summed E-state index contributed by atoms with van der Waals surface area (Å²) in [6, 6.07) is 9.95. The zero-order valence-corrected chi connectivity index (χ0v) is 17.0. The van der Waals surface area contributed by atoms with Gasteiger partial charge in [-0.05, 0) is 48.6 Å². The lowest BCUT2D eigenvalue weighted by Gasteiger charge is -2.18. The molecule has 3 rings (SSSR count). The average molecular weight is 365 g/mol. The molecule has 3 aromatic rings. The Balaban J connectivity index is 2.15. The molecule has 0 radical (unpaired) electrons. The van der Waals surface area contributed by atoms with Crippen molar-refractivity contribution in [2.75, 3.05) is 0 Å². The van der Waals surface area contributed by atoms with Crippen LogP contribution < -0.4 is 5.69 Å². The largest absolute Gasteiger partial charge is 0.330 e. The number of hydrogen-bond acceptors (Lipinski definition) is 3. The number of aryl methyl sites for hydroxylation is 2. The Labute approximate surface area is 159 Å². The lowest BCUT2D eigenvalue weighted by atomic mass is 9.97. The van der Waals surface area contributed by atoms with Crippen molar-refractivity contribution in [2.24, 2.45) is 12.5 Å². The first kappa shape index (κ1) is 19.1. The van der Waals surface area contributed by atoms with Crippen LogP contribution in [0.25, 0.3) is 22.4 Å². The van der Waals surface area contributed by atoms with Crippen LogP contribution in [-0.2, 0) is 24.8 Å². The SMILES string of the molecule is CC(=O)Cc1ccc(C)c(-c2ccc3c(n2)n(C)c(=O)n3CC(C)(C)C)c1. The summed E-state index contributed by atoms with van der Waals surface area (Å²) in [6.07, 6.45) is 0.413. The second-order valence-electron chi connectivity index (χ2n) is 8.56. The highest BCUT2D eigenvalue weighted by Gasteiger charge is 2.19. The lowest BCUT2D eigenvalue weighted by Crippen LogP contribution is -2.27. The van der Waals surface area contributed by atoms with Crippen molar-refractivity contribution in [3.05, 3.63) is 51.9 Å². The number of aromatic nitrogens is 3. The zero-order valence-electron chi connectivity index (χ0n) is 17.0. The smallest absolute Gasteiger partial charge is 0.300 e. The number of benzene rings is 1. The number of hydrogen-bond donors (Lipinski definition) is 0. The Kier molecular flexibility index (Phi) is 4.81. The molecule has 0 aliphatic rings. The molecule has 0 saturated heterocycles. The average Bonchev–Trinajstić information content (AvgIpc) is 2.79. The molecular formula is C22H27N3O2. The van der Waals surface area contributed by atoms with Crippen LogP contribution in [0, 0.1) is 12.3 Å². The quantitative estimate of drug-likeness (QED) is 0.705. The van der Waals surface area contributed by atoms with Gasteiger partial charge in [-0.2, -0.15) is 0 Å². The fraction of sp³-hybridized carbons (Fsp3) is 0.409. The Bertz CT molecular complexity index is 1080. The molecule has 0 aliphatic heterocycles. The van der Waals surface area contributed by atoms with E-state index >= 15 is 0 Å². The standard InChI is InChI=1S/C22H27N3O2/c1-14-7-8-16(11-15(2)26)12-17(14)18-9-10-19-20(23-18)24(6)21(27)25(19)13-22(3,4)5/h7-10,12H,11,13H2,1-6H3. The number of carbonyl (C=O) groups is 1. The van der Waals surface area contributed by atoms with Gasteiger partial charge in [-0.25, -0.2) is 9.78 Å². The van der Waals surface area contributed by atoms with Crippen LogP contribution >= 0.6 is 0 Å². The van der Waals surface area contributed by atoms with E-state index in [-0.39, 0.29) is 16.9 Å². The van der Waals surface area contributed by atoms with Crippen LogP contribution in [-0.4, -0.2) is 19.9 Å². The van der Waals surface area contributed by atoms with Crippen LogP contribution in [0.5, 0.6) is 0 Å². The molecule has 0 atom stereocenters. The summed E-state index contributed by atoms with van der Waals surface area (Å²) in [4.78, 5) is 29.0. The van der Waals surface area contributed by atoms with E-state index in [1.54, 1.807) is 23.1 Å². The number of imidazole rings is 1. The molecule has 0 fully saturated rings. The topological polar surface area (TPSA) is 56.9 Å². The van der Waals surface area contributed by atoms with Gasteiger partial charge in [0.25, 0.3) is 0 Å². The van der Waals surface area contributed by atoms with Crippen molar-refractivity contribution in [1.82, 2.24) is 14.1 Å². The highest BCUT2D eigenvalue weighted by Crippen LogP contribution is 2.26. The molecule has 2 heterocycles. The molecular weight excluding hydrogens is 338 g/mol. The molecule has 0 bridgehead atoms. The van der Waals surface area contributed by atoms with Crippen LogP contribution in [0.15, 0.2) is 35.1 Å². The Morgan fingerprint density at radius 1 is 1.15 bits per heavy atom. The van der Waals surface area contributed by atoms with E-state index < -0.39 is 0 Å². The normalized spacial score (nSPS) is 11.9. The van der Waals surface area contributed by atoms with Gasteiger partial charge in [-0.3, -0.25) is 13.9 Å². The van der Waals surface area contributed by atoms with E-state index in [0.717, 1.165) is 27.9 Å². The van der Waals surface area contributed by atoms with E-state index in [1.807, 2.05) is 37.3 Å². The number of Topliss-reactive ketones (excluding diaryl/α,β-unsaturated/α-hetero) is 1. The molecule has 5 nitrogen and oxygen atoms in total. The van der Waals surface area contributed by atoms with E-state index in [2.05, 4.69) is 20.8 Å². The summed E-state index contributed by atoms with van der Waals surface area (Å²) >= 11 is 0. The highest BCUT2D eigenvalue weighted by molar-refractivity contribution is 5.80. The van der Waals surface area contributed by atoms with Crippen molar-refractivity contribution in [1.29, 1.82) is 0 Å². The van der Waals surface area contributed by atoms with E-state index in [1.165, 1.54) is 0 Å². The summed E-state index contributed by atoms with van der Waals surface area (Å²) in [5.74, 6) is 0.134. The maximum Gasteiger partial charge on any atom is 0.330 e. The van der Waals surface area contributed by atoms with Crippen molar-refractivity contribution in [2.45, 2.75) is 47.6 Å². The van der Waals surface area contributed by atoms with Crippen LogP contribution in [0.4, 0.5) is 0 Å². The van der Waals surface area contributed by atoms with Gasteiger partial charge in [-0.1, -0.05) is 32.9 Å². The number of rotatable bonds is 4. The summed E-state index contributed by atoms with van der Waals surface area (Å²) in [5.41, 5.74) is 5.34. The van der Waals surface area contributed by atoms with Gasteiger partial charge in [0.2, 0.25) is 0 Å². The summed E-state index contributed by atoms with van der Waals surface area (Å²) in [7, 11) is 1.76. The first-order valence-corrected chi connectivity index (χ1v) is 9.22. The monoisotopic (exact) mass is 365 g/mol. The molecule has 1 aromatic carbocycles. The van der Waals surface area contributed by atoms with Gasteiger partial charge in [-0.15, -0.1) is 0 Å². The maximum absolute atomic E-state index is 12.7.